The van der Waals surface area contributed by atoms with Gasteiger partial charge in [-0.05, 0) is 18.4 Å². The van der Waals surface area contributed by atoms with Crippen molar-refractivity contribution >= 4 is 23.2 Å². The molecule has 0 aliphatic carbocycles. The average molecular weight is 346 g/mol. The maximum absolute atomic E-state index is 12.5. The molecule has 1 unspecified atom stereocenters. The number of likely N-dealkylation sites (tertiary alicyclic amines) is 2. The Morgan fingerprint density at radius 2 is 2.08 bits per heavy atom. The fraction of sp³-hybridized carbons (Fsp3) is 0.500. The van der Waals surface area contributed by atoms with E-state index in [1.54, 1.807) is 13.8 Å². The van der Waals surface area contributed by atoms with Crippen molar-refractivity contribution in [2.45, 2.75) is 19.8 Å². The number of rotatable bonds is 2. The lowest BCUT2D eigenvalue weighted by molar-refractivity contribution is -0.128. The van der Waals surface area contributed by atoms with Gasteiger partial charge in [0, 0.05) is 43.9 Å². The summed E-state index contributed by atoms with van der Waals surface area (Å²) in [6, 6.07) is 1.84. The Kier molecular flexibility index (Phi) is 3.45. The zero-order valence-electron chi connectivity index (χ0n) is 13.6. The minimum Gasteiger partial charge on any atom is -0.341 e. The van der Waals surface area contributed by atoms with Gasteiger partial charge in [-0.25, -0.2) is 0 Å². The second-order valence-electron chi connectivity index (χ2n) is 6.67. The highest BCUT2D eigenvalue weighted by molar-refractivity contribution is 7.08. The molecule has 2 aliphatic rings. The highest BCUT2D eigenvalue weighted by atomic mass is 32.1. The van der Waals surface area contributed by atoms with Crippen molar-refractivity contribution in [2.75, 3.05) is 26.2 Å². The van der Waals surface area contributed by atoms with Crippen LogP contribution in [0.15, 0.2) is 21.3 Å². The zero-order chi connectivity index (χ0) is 16.9. The molecule has 0 N–H and O–H groups in total. The predicted octanol–water partition coefficient (Wildman–Crippen LogP) is 1.53. The summed E-state index contributed by atoms with van der Waals surface area (Å²) in [5, 5.41) is 7.65. The van der Waals surface area contributed by atoms with Gasteiger partial charge in [-0.15, -0.1) is 0 Å². The Labute approximate surface area is 143 Å². The number of aryl methyl sites for hydroxylation is 1. The van der Waals surface area contributed by atoms with E-state index in [0.29, 0.717) is 37.9 Å². The van der Waals surface area contributed by atoms with Gasteiger partial charge in [0.25, 0.3) is 5.91 Å². The SMILES string of the molecule is CC(=O)N1CC(c2nc(C)no2)C2(C1)CN(C(=O)c1ccsc1)C2. The first-order valence-corrected chi connectivity index (χ1v) is 8.80. The summed E-state index contributed by atoms with van der Waals surface area (Å²) in [6.45, 7) is 5.76. The molecule has 0 radical (unpaired) electrons. The maximum atomic E-state index is 12.5. The van der Waals surface area contributed by atoms with Crippen LogP contribution in [0.25, 0.3) is 0 Å². The first kappa shape index (κ1) is 15.3. The number of amides is 2. The van der Waals surface area contributed by atoms with Crippen molar-refractivity contribution in [3.05, 3.63) is 34.1 Å². The van der Waals surface area contributed by atoms with Gasteiger partial charge in [0.15, 0.2) is 5.82 Å². The first-order valence-electron chi connectivity index (χ1n) is 7.86. The Hall–Kier alpha value is -2.22. The van der Waals surface area contributed by atoms with E-state index in [9.17, 15) is 9.59 Å². The monoisotopic (exact) mass is 346 g/mol. The van der Waals surface area contributed by atoms with E-state index in [0.717, 1.165) is 5.56 Å². The van der Waals surface area contributed by atoms with E-state index >= 15 is 0 Å². The molecule has 2 aromatic heterocycles. The zero-order valence-corrected chi connectivity index (χ0v) is 14.4. The van der Waals surface area contributed by atoms with Crippen molar-refractivity contribution in [2.24, 2.45) is 5.41 Å². The molecule has 0 aromatic carbocycles. The molecule has 126 valence electrons. The lowest BCUT2D eigenvalue weighted by Gasteiger charge is -2.49. The normalized spacial score (nSPS) is 22.0. The van der Waals surface area contributed by atoms with Gasteiger partial charge in [-0.3, -0.25) is 9.59 Å². The number of nitrogens with zero attached hydrogens (tertiary/aromatic N) is 4. The Bertz CT molecular complexity index is 779. The summed E-state index contributed by atoms with van der Waals surface area (Å²) in [4.78, 5) is 32.3. The molecule has 4 heterocycles. The van der Waals surface area contributed by atoms with E-state index < -0.39 is 0 Å². The minimum absolute atomic E-state index is 0.0193. The third kappa shape index (κ3) is 2.32. The van der Waals surface area contributed by atoms with Crippen LogP contribution in [0, 0.1) is 12.3 Å². The minimum atomic E-state index is -0.184. The summed E-state index contributed by atoms with van der Waals surface area (Å²) in [7, 11) is 0. The van der Waals surface area contributed by atoms with Crippen LogP contribution in [0.3, 0.4) is 0 Å². The van der Waals surface area contributed by atoms with Crippen molar-refractivity contribution in [3.8, 4) is 0 Å². The molecule has 2 aliphatic heterocycles. The fourth-order valence-electron chi connectivity index (χ4n) is 3.75. The standard InChI is InChI=1S/C16H18N4O3S/c1-10-17-14(23-18-10)13-5-19(11(2)21)7-16(13)8-20(9-16)15(22)12-3-4-24-6-12/h3-4,6,13H,5,7-9H2,1-2H3. The topological polar surface area (TPSA) is 79.5 Å². The van der Waals surface area contributed by atoms with Gasteiger partial charge in [-0.1, -0.05) is 5.16 Å². The van der Waals surface area contributed by atoms with Crippen LogP contribution in [0.1, 0.15) is 34.9 Å². The number of hydrogen-bond acceptors (Lipinski definition) is 6. The van der Waals surface area contributed by atoms with Crippen molar-refractivity contribution in [1.29, 1.82) is 0 Å². The fourth-order valence-corrected chi connectivity index (χ4v) is 4.38. The Morgan fingerprint density at radius 3 is 2.67 bits per heavy atom. The second-order valence-corrected chi connectivity index (χ2v) is 7.45. The molecule has 2 saturated heterocycles. The maximum Gasteiger partial charge on any atom is 0.254 e. The van der Waals surface area contributed by atoms with Gasteiger partial charge in [0.1, 0.15) is 0 Å². The van der Waals surface area contributed by atoms with E-state index in [-0.39, 0.29) is 23.1 Å². The van der Waals surface area contributed by atoms with Gasteiger partial charge < -0.3 is 14.3 Å². The van der Waals surface area contributed by atoms with Crippen molar-refractivity contribution in [3.63, 3.8) is 0 Å². The molecule has 2 amide bonds. The van der Waals surface area contributed by atoms with E-state index in [2.05, 4.69) is 10.1 Å². The second kappa shape index (κ2) is 5.41. The average Bonchev–Trinajstić information content (AvgIpc) is 3.23. The lowest BCUT2D eigenvalue weighted by atomic mass is 9.71. The molecule has 2 aromatic rings. The smallest absolute Gasteiger partial charge is 0.254 e. The summed E-state index contributed by atoms with van der Waals surface area (Å²) in [6.07, 6.45) is 0. The molecule has 1 spiro atoms. The van der Waals surface area contributed by atoms with Crippen molar-refractivity contribution in [1.82, 2.24) is 19.9 Å². The van der Waals surface area contributed by atoms with E-state index in [1.807, 2.05) is 26.6 Å². The Balaban J connectivity index is 1.56. The van der Waals surface area contributed by atoms with Crippen LogP contribution >= 0.6 is 11.3 Å². The van der Waals surface area contributed by atoms with Crippen LogP contribution in [-0.2, 0) is 4.79 Å². The molecule has 0 saturated carbocycles. The molecular weight excluding hydrogens is 328 g/mol. The van der Waals surface area contributed by atoms with Crippen LogP contribution in [-0.4, -0.2) is 57.9 Å². The Morgan fingerprint density at radius 1 is 1.33 bits per heavy atom. The molecule has 0 bridgehead atoms. The van der Waals surface area contributed by atoms with Crippen LogP contribution in [0.2, 0.25) is 0 Å². The molecule has 2 fully saturated rings. The third-order valence-corrected chi connectivity index (χ3v) is 5.68. The highest BCUT2D eigenvalue weighted by Gasteiger charge is 2.58. The number of carbonyl (C=O) groups excluding carboxylic acids is 2. The summed E-state index contributed by atoms with van der Waals surface area (Å²) in [5.41, 5.74) is 0.539. The number of hydrogen-bond donors (Lipinski definition) is 0. The molecule has 24 heavy (non-hydrogen) atoms. The van der Waals surface area contributed by atoms with E-state index in [4.69, 9.17) is 4.52 Å². The summed E-state index contributed by atoms with van der Waals surface area (Å²) < 4.78 is 5.37. The quantitative estimate of drug-likeness (QED) is 0.824. The van der Waals surface area contributed by atoms with Crippen molar-refractivity contribution < 1.29 is 14.1 Å². The number of carbonyl (C=O) groups is 2. The number of aromatic nitrogens is 2. The highest BCUT2D eigenvalue weighted by Crippen LogP contribution is 2.49. The summed E-state index contributed by atoms with van der Waals surface area (Å²) in [5.74, 6) is 1.22. The van der Waals surface area contributed by atoms with Gasteiger partial charge in [0.2, 0.25) is 11.8 Å². The largest absolute Gasteiger partial charge is 0.341 e. The van der Waals surface area contributed by atoms with Gasteiger partial charge in [0.05, 0.1) is 11.5 Å². The number of thiophene rings is 1. The first-order chi connectivity index (χ1) is 11.5. The third-order valence-electron chi connectivity index (χ3n) is 5.00. The van der Waals surface area contributed by atoms with Crippen LogP contribution < -0.4 is 0 Å². The van der Waals surface area contributed by atoms with E-state index in [1.165, 1.54) is 11.3 Å². The molecular formula is C16H18N4O3S. The van der Waals surface area contributed by atoms with Crippen LogP contribution in [0.5, 0.6) is 0 Å². The molecule has 7 nitrogen and oxygen atoms in total. The molecule has 4 rings (SSSR count). The van der Waals surface area contributed by atoms with Gasteiger partial charge in [-0.2, -0.15) is 16.3 Å². The summed E-state index contributed by atoms with van der Waals surface area (Å²) >= 11 is 1.51. The van der Waals surface area contributed by atoms with Crippen LogP contribution in [0.4, 0.5) is 0 Å². The van der Waals surface area contributed by atoms with Gasteiger partial charge >= 0.3 is 0 Å². The predicted molar refractivity (Wildman–Crippen MR) is 86.7 cm³/mol. The lowest BCUT2D eigenvalue weighted by Crippen LogP contribution is -2.61. The molecule has 1 atom stereocenters. The molecule has 8 heteroatoms.